The van der Waals surface area contributed by atoms with Crippen molar-refractivity contribution >= 4 is 5.91 Å². The third-order valence-corrected chi connectivity index (χ3v) is 3.70. The van der Waals surface area contributed by atoms with Gasteiger partial charge in [0.25, 0.3) is 0 Å². The lowest BCUT2D eigenvalue weighted by Crippen LogP contribution is -2.40. The summed E-state index contributed by atoms with van der Waals surface area (Å²) < 4.78 is 0. The molecule has 0 saturated carbocycles. The van der Waals surface area contributed by atoms with Crippen LogP contribution >= 0.6 is 0 Å². The van der Waals surface area contributed by atoms with E-state index in [1.165, 1.54) is 19.3 Å². The van der Waals surface area contributed by atoms with Gasteiger partial charge in [0, 0.05) is 25.6 Å². The van der Waals surface area contributed by atoms with Gasteiger partial charge in [-0.25, -0.2) is 0 Å². The predicted octanol–water partition coefficient (Wildman–Crippen LogP) is 1.39. The maximum absolute atomic E-state index is 11.8. The monoisotopic (exact) mass is 210 g/mol. The summed E-state index contributed by atoms with van der Waals surface area (Å²) in [5.74, 6) is 1.09. The Kier molecular flexibility index (Phi) is 3.62. The van der Waals surface area contributed by atoms with Crippen LogP contribution in [0, 0.1) is 5.92 Å². The van der Waals surface area contributed by atoms with E-state index in [1.807, 2.05) is 0 Å². The number of hydrogen-bond acceptors (Lipinski definition) is 2. The molecule has 0 radical (unpaired) electrons. The third-order valence-electron chi connectivity index (χ3n) is 3.70. The van der Waals surface area contributed by atoms with Gasteiger partial charge in [-0.1, -0.05) is 6.92 Å². The van der Waals surface area contributed by atoms with Crippen LogP contribution in [-0.4, -0.2) is 36.5 Å². The zero-order valence-electron chi connectivity index (χ0n) is 9.67. The Bertz CT molecular complexity index is 224. The molecule has 3 heteroatoms. The molecule has 0 aromatic heterocycles. The number of carbonyl (C=O) groups excluding carboxylic acids is 1. The summed E-state index contributed by atoms with van der Waals surface area (Å²) in [5, 5.41) is 3.46. The van der Waals surface area contributed by atoms with Crippen molar-refractivity contribution in [3.8, 4) is 0 Å². The van der Waals surface area contributed by atoms with Gasteiger partial charge >= 0.3 is 0 Å². The van der Waals surface area contributed by atoms with Gasteiger partial charge in [-0.05, 0) is 38.1 Å². The zero-order valence-corrected chi connectivity index (χ0v) is 9.67. The van der Waals surface area contributed by atoms with Crippen LogP contribution in [0.2, 0.25) is 0 Å². The lowest BCUT2D eigenvalue weighted by Gasteiger charge is -2.24. The fraction of sp³-hybridized carbons (Fsp3) is 0.917. The largest absolute Gasteiger partial charge is 0.341 e. The molecule has 2 atom stereocenters. The Morgan fingerprint density at radius 3 is 3.00 bits per heavy atom. The van der Waals surface area contributed by atoms with Crippen LogP contribution < -0.4 is 5.32 Å². The number of carbonyl (C=O) groups is 1. The molecule has 1 amide bonds. The van der Waals surface area contributed by atoms with Gasteiger partial charge in [0.05, 0.1) is 0 Å². The van der Waals surface area contributed by atoms with Crippen molar-refractivity contribution < 1.29 is 4.79 Å². The molecule has 0 aromatic rings. The number of rotatable bonds is 2. The normalized spacial score (nSPS) is 33.1. The molecular formula is C12H22N2O. The van der Waals surface area contributed by atoms with Gasteiger partial charge in [-0.3, -0.25) is 4.79 Å². The van der Waals surface area contributed by atoms with E-state index in [0.29, 0.717) is 11.9 Å². The van der Waals surface area contributed by atoms with Gasteiger partial charge in [0.1, 0.15) is 0 Å². The minimum absolute atomic E-state index is 0.369. The van der Waals surface area contributed by atoms with Gasteiger partial charge < -0.3 is 10.2 Å². The Hall–Kier alpha value is -0.570. The van der Waals surface area contributed by atoms with E-state index in [4.69, 9.17) is 0 Å². The number of amides is 1. The van der Waals surface area contributed by atoms with Crippen LogP contribution in [0.3, 0.4) is 0 Å². The van der Waals surface area contributed by atoms with Gasteiger partial charge in [0.15, 0.2) is 0 Å². The molecule has 0 bridgehead atoms. The summed E-state index contributed by atoms with van der Waals surface area (Å²) in [7, 11) is 0. The van der Waals surface area contributed by atoms with Gasteiger partial charge in [-0.15, -0.1) is 0 Å². The van der Waals surface area contributed by atoms with E-state index in [-0.39, 0.29) is 0 Å². The van der Waals surface area contributed by atoms with Crippen LogP contribution in [0.15, 0.2) is 0 Å². The van der Waals surface area contributed by atoms with Crippen molar-refractivity contribution in [2.45, 2.75) is 45.1 Å². The second kappa shape index (κ2) is 4.97. The Morgan fingerprint density at radius 2 is 2.27 bits per heavy atom. The lowest BCUT2D eigenvalue weighted by atomic mass is 10.0. The molecule has 2 fully saturated rings. The first-order chi connectivity index (χ1) is 7.25. The number of nitrogens with zero attached hydrogens (tertiary/aromatic N) is 1. The summed E-state index contributed by atoms with van der Waals surface area (Å²) in [6, 6.07) is 0.558. The van der Waals surface area contributed by atoms with Crippen LogP contribution in [0.5, 0.6) is 0 Å². The highest BCUT2D eigenvalue weighted by Crippen LogP contribution is 2.18. The molecule has 0 aliphatic carbocycles. The minimum atomic E-state index is 0.369. The van der Waals surface area contributed by atoms with Crippen molar-refractivity contribution in [2.75, 3.05) is 19.6 Å². The van der Waals surface area contributed by atoms with Crippen molar-refractivity contribution in [1.29, 1.82) is 0 Å². The molecule has 2 saturated heterocycles. The van der Waals surface area contributed by atoms with Crippen LogP contribution in [0.25, 0.3) is 0 Å². The van der Waals surface area contributed by atoms with E-state index >= 15 is 0 Å². The first-order valence-electron chi connectivity index (χ1n) is 6.27. The summed E-state index contributed by atoms with van der Waals surface area (Å²) in [6.45, 7) is 5.29. The molecule has 2 heterocycles. The summed E-state index contributed by atoms with van der Waals surface area (Å²) >= 11 is 0. The van der Waals surface area contributed by atoms with E-state index in [0.717, 1.165) is 38.4 Å². The molecular weight excluding hydrogens is 188 g/mol. The maximum atomic E-state index is 11.8. The minimum Gasteiger partial charge on any atom is -0.341 e. The smallest absolute Gasteiger partial charge is 0.222 e. The molecule has 1 N–H and O–H groups in total. The quantitative estimate of drug-likeness (QED) is 0.747. The predicted molar refractivity (Wildman–Crippen MR) is 60.6 cm³/mol. The summed E-state index contributed by atoms with van der Waals surface area (Å²) in [5.41, 5.74) is 0. The maximum Gasteiger partial charge on any atom is 0.222 e. The second-order valence-corrected chi connectivity index (χ2v) is 5.07. The average Bonchev–Trinajstić information content (AvgIpc) is 2.67. The average molecular weight is 210 g/mol. The lowest BCUT2D eigenvalue weighted by molar-refractivity contribution is -0.131. The highest BCUT2D eigenvalue weighted by molar-refractivity contribution is 5.76. The van der Waals surface area contributed by atoms with Crippen molar-refractivity contribution in [3.63, 3.8) is 0 Å². The summed E-state index contributed by atoms with van der Waals surface area (Å²) in [4.78, 5) is 13.9. The highest BCUT2D eigenvalue weighted by atomic mass is 16.2. The molecule has 2 aliphatic rings. The number of nitrogens with one attached hydrogen (secondary N) is 1. The van der Waals surface area contributed by atoms with E-state index < -0.39 is 0 Å². The Balaban J connectivity index is 1.86. The van der Waals surface area contributed by atoms with E-state index in [2.05, 4.69) is 17.1 Å². The number of likely N-dealkylation sites (tertiary alicyclic amines) is 1. The molecule has 86 valence electrons. The molecule has 0 spiro atoms. The Morgan fingerprint density at radius 1 is 1.40 bits per heavy atom. The SMILES string of the molecule is CC1CCC(=O)N(CC2CCCN2)CC1. The van der Waals surface area contributed by atoms with Crippen LogP contribution in [0.4, 0.5) is 0 Å². The molecule has 15 heavy (non-hydrogen) atoms. The van der Waals surface area contributed by atoms with Crippen molar-refractivity contribution in [2.24, 2.45) is 5.92 Å². The highest BCUT2D eigenvalue weighted by Gasteiger charge is 2.24. The number of hydrogen-bond donors (Lipinski definition) is 1. The molecule has 2 aliphatic heterocycles. The van der Waals surface area contributed by atoms with Gasteiger partial charge in [-0.2, -0.15) is 0 Å². The fourth-order valence-electron chi connectivity index (χ4n) is 2.54. The second-order valence-electron chi connectivity index (χ2n) is 5.07. The van der Waals surface area contributed by atoms with E-state index in [1.54, 1.807) is 0 Å². The first-order valence-corrected chi connectivity index (χ1v) is 6.27. The zero-order chi connectivity index (χ0) is 10.7. The van der Waals surface area contributed by atoms with Crippen LogP contribution in [0.1, 0.15) is 39.0 Å². The van der Waals surface area contributed by atoms with E-state index in [9.17, 15) is 4.79 Å². The summed E-state index contributed by atoms with van der Waals surface area (Å²) in [6.07, 6.45) is 5.52. The van der Waals surface area contributed by atoms with Crippen molar-refractivity contribution in [1.82, 2.24) is 10.2 Å². The molecule has 0 aromatic carbocycles. The molecule has 3 nitrogen and oxygen atoms in total. The van der Waals surface area contributed by atoms with Crippen LogP contribution in [-0.2, 0) is 4.79 Å². The Labute approximate surface area is 92.2 Å². The van der Waals surface area contributed by atoms with Crippen molar-refractivity contribution in [3.05, 3.63) is 0 Å². The van der Waals surface area contributed by atoms with Gasteiger partial charge in [0.2, 0.25) is 5.91 Å². The third kappa shape index (κ3) is 2.94. The first kappa shape index (κ1) is 10.9. The molecule has 2 unspecified atom stereocenters. The topological polar surface area (TPSA) is 32.3 Å². The molecule has 2 rings (SSSR count). The standard InChI is InChI=1S/C12H22N2O/c1-10-4-5-12(15)14(8-6-10)9-11-3-2-7-13-11/h10-11,13H,2-9H2,1H3. The fourth-order valence-corrected chi connectivity index (χ4v) is 2.54.